The van der Waals surface area contributed by atoms with Crippen molar-refractivity contribution in [3.05, 3.63) is 42.0 Å². The smallest absolute Gasteiger partial charge is 0.149 e. The van der Waals surface area contributed by atoms with Crippen molar-refractivity contribution in [1.82, 2.24) is 4.98 Å². The molecule has 0 unspecified atom stereocenters. The lowest BCUT2D eigenvalue weighted by Crippen LogP contribution is -2.08. The van der Waals surface area contributed by atoms with Gasteiger partial charge in [-0.3, -0.25) is 0 Å². The average molecular weight is 228 g/mol. The first-order valence-electron chi connectivity index (χ1n) is 5.21. The number of nitrogens with two attached hydrogens (primary N) is 1. The van der Waals surface area contributed by atoms with E-state index >= 15 is 0 Å². The number of nitrogen functional groups attached to an aromatic ring is 1. The van der Waals surface area contributed by atoms with Crippen molar-refractivity contribution in [2.75, 3.05) is 17.6 Å². The van der Waals surface area contributed by atoms with E-state index in [1.54, 1.807) is 12.3 Å². The fourth-order valence-corrected chi connectivity index (χ4v) is 1.45. The zero-order valence-electron chi connectivity index (χ0n) is 9.18. The molecule has 17 heavy (non-hydrogen) atoms. The molecule has 2 aromatic rings. The van der Waals surface area contributed by atoms with Gasteiger partial charge in [-0.05, 0) is 18.2 Å². The van der Waals surface area contributed by atoms with E-state index in [2.05, 4.69) is 10.3 Å². The molecule has 0 aromatic carbocycles. The van der Waals surface area contributed by atoms with Crippen molar-refractivity contribution in [1.29, 1.82) is 5.26 Å². The van der Waals surface area contributed by atoms with Crippen LogP contribution in [0, 0.1) is 11.3 Å². The normalized spacial score (nSPS) is 9.82. The molecule has 0 aliphatic carbocycles. The first-order valence-corrected chi connectivity index (χ1v) is 5.21. The summed E-state index contributed by atoms with van der Waals surface area (Å²) in [6, 6.07) is 7.35. The third-order valence-electron chi connectivity index (χ3n) is 2.29. The van der Waals surface area contributed by atoms with Crippen LogP contribution in [0.5, 0.6) is 0 Å². The average Bonchev–Trinajstić information content (AvgIpc) is 2.84. The van der Waals surface area contributed by atoms with Crippen LogP contribution in [0.2, 0.25) is 0 Å². The summed E-state index contributed by atoms with van der Waals surface area (Å²) in [4.78, 5) is 4.08. The molecule has 5 heteroatoms. The van der Waals surface area contributed by atoms with Gasteiger partial charge < -0.3 is 15.5 Å². The van der Waals surface area contributed by atoms with Crippen molar-refractivity contribution in [3.63, 3.8) is 0 Å². The molecule has 0 aliphatic heterocycles. The van der Waals surface area contributed by atoms with Gasteiger partial charge in [0.2, 0.25) is 0 Å². The van der Waals surface area contributed by atoms with Crippen molar-refractivity contribution in [2.24, 2.45) is 0 Å². The minimum atomic E-state index is 0.457. The maximum Gasteiger partial charge on any atom is 0.149 e. The second-order valence-corrected chi connectivity index (χ2v) is 3.53. The zero-order chi connectivity index (χ0) is 12.1. The maximum atomic E-state index is 8.68. The Morgan fingerprint density at radius 3 is 3.06 bits per heavy atom. The van der Waals surface area contributed by atoms with Gasteiger partial charge in [0.05, 0.1) is 17.5 Å². The molecular formula is C12H12N4O. The van der Waals surface area contributed by atoms with Gasteiger partial charge in [-0.15, -0.1) is 0 Å². The van der Waals surface area contributed by atoms with E-state index < -0.39 is 0 Å². The van der Waals surface area contributed by atoms with Crippen LogP contribution in [-0.4, -0.2) is 11.5 Å². The minimum absolute atomic E-state index is 0.457. The van der Waals surface area contributed by atoms with Crippen LogP contribution in [0.1, 0.15) is 11.3 Å². The molecule has 86 valence electrons. The molecule has 0 saturated heterocycles. The summed E-state index contributed by atoms with van der Waals surface area (Å²) in [5, 5.41) is 11.8. The topological polar surface area (TPSA) is 87.9 Å². The Bertz CT molecular complexity index is 528. The largest absolute Gasteiger partial charge is 0.469 e. The predicted octanol–water partition coefficient (Wildman–Crippen LogP) is 1.78. The van der Waals surface area contributed by atoms with E-state index in [1.165, 1.54) is 6.20 Å². The summed E-state index contributed by atoms with van der Waals surface area (Å²) in [5.41, 5.74) is 6.69. The molecule has 0 spiro atoms. The van der Waals surface area contributed by atoms with E-state index in [1.807, 2.05) is 18.2 Å². The standard InChI is InChI=1S/C12H12N4O/c13-7-9-6-11(14)12(16-8-9)15-4-3-10-2-1-5-17-10/h1-2,5-6,8H,3-4,14H2,(H,15,16). The Morgan fingerprint density at radius 2 is 2.41 bits per heavy atom. The number of nitrogens with zero attached hydrogens (tertiary/aromatic N) is 2. The highest BCUT2D eigenvalue weighted by molar-refractivity contribution is 5.62. The van der Waals surface area contributed by atoms with Crippen LogP contribution < -0.4 is 11.1 Å². The van der Waals surface area contributed by atoms with Crippen LogP contribution in [-0.2, 0) is 6.42 Å². The summed E-state index contributed by atoms with van der Waals surface area (Å²) in [7, 11) is 0. The first kappa shape index (κ1) is 11.0. The van der Waals surface area contributed by atoms with Gasteiger partial charge in [-0.2, -0.15) is 5.26 Å². The number of nitriles is 1. The van der Waals surface area contributed by atoms with Gasteiger partial charge in [0, 0.05) is 19.2 Å². The number of pyridine rings is 1. The second kappa shape index (κ2) is 5.03. The zero-order valence-corrected chi connectivity index (χ0v) is 9.18. The minimum Gasteiger partial charge on any atom is -0.469 e. The van der Waals surface area contributed by atoms with Crippen LogP contribution >= 0.6 is 0 Å². The first-order chi connectivity index (χ1) is 8.29. The van der Waals surface area contributed by atoms with Crippen molar-refractivity contribution >= 4 is 11.5 Å². The van der Waals surface area contributed by atoms with E-state index in [9.17, 15) is 0 Å². The van der Waals surface area contributed by atoms with Crippen LogP contribution in [0.4, 0.5) is 11.5 Å². The molecule has 0 aliphatic rings. The van der Waals surface area contributed by atoms with Gasteiger partial charge in [-0.1, -0.05) is 0 Å². The van der Waals surface area contributed by atoms with Crippen molar-refractivity contribution < 1.29 is 4.42 Å². The third-order valence-corrected chi connectivity index (χ3v) is 2.29. The fourth-order valence-electron chi connectivity index (χ4n) is 1.45. The molecule has 0 atom stereocenters. The highest BCUT2D eigenvalue weighted by atomic mass is 16.3. The van der Waals surface area contributed by atoms with Crippen LogP contribution in [0.3, 0.4) is 0 Å². The fraction of sp³-hybridized carbons (Fsp3) is 0.167. The molecule has 3 N–H and O–H groups in total. The molecule has 0 fully saturated rings. The third kappa shape index (κ3) is 2.75. The van der Waals surface area contributed by atoms with E-state index in [4.69, 9.17) is 15.4 Å². The molecule has 5 nitrogen and oxygen atoms in total. The van der Waals surface area contributed by atoms with Crippen LogP contribution in [0.15, 0.2) is 35.1 Å². The number of anilines is 2. The SMILES string of the molecule is N#Cc1cnc(NCCc2ccco2)c(N)c1. The Hall–Kier alpha value is -2.48. The van der Waals surface area contributed by atoms with Gasteiger partial charge >= 0.3 is 0 Å². The number of hydrogen-bond donors (Lipinski definition) is 2. The molecule has 2 heterocycles. The second-order valence-electron chi connectivity index (χ2n) is 3.53. The van der Waals surface area contributed by atoms with E-state index in [0.717, 1.165) is 12.2 Å². The Morgan fingerprint density at radius 1 is 1.53 bits per heavy atom. The predicted molar refractivity (Wildman–Crippen MR) is 64.3 cm³/mol. The number of aromatic nitrogens is 1. The number of hydrogen-bond acceptors (Lipinski definition) is 5. The molecule has 0 radical (unpaired) electrons. The molecule has 0 saturated carbocycles. The van der Waals surface area contributed by atoms with E-state index in [0.29, 0.717) is 23.6 Å². The monoisotopic (exact) mass is 228 g/mol. The Balaban J connectivity index is 1.93. The lowest BCUT2D eigenvalue weighted by Gasteiger charge is -2.07. The molecule has 0 amide bonds. The summed E-state index contributed by atoms with van der Waals surface area (Å²) in [6.07, 6.45) is 3.89. The quantitative estimate of drug-likeness (QED) is 0.832. The van der Waals surface area contributed by atoms with Gasteiger partial charge in [0.25, 0.3) is 0 Å². The molecule has 2 aromatic heterocycles. The number of furan rings is 1. The summed E-state index contributed by atoms with van der Waals surface area (Å²) in [6.45, 7) is 0.677. The van der Waals surface area contributed by atoms with Gasteiger partial charge in [-0.25, -0.2) is 4.98 Å². The van der Waals surface area contributed by atoms with Gasteiger partial charge in [0.1, 0.15) is 17.6 Å². The van der Waals surface area contributed by atoms with Crippen molar-refractivity contribution in [3.8, 4) is 6.07 Å². The molecule has 0 bridgehead atoms. The molecular weight excluding hydrogens is 216 g/mol. The summed E-state index contributed by atoms with van der Waals surface area (Å²) in [5.74, 6) is 1.50. The highest BCUT2D eigenvalue weighted by Gasteiger charge is 2.02. The molecule has 2 rings (SSSR count). The summed E-state index contributed by atoms with van der Waals surface area (Å²) >= 11 is 0. The Labute approximate surface area is 98.9 Å². The number of nitrogens with one attached hydrogen (secondary N) is 1. The lowest BCUT2D eigenvalue weighted by molar-refractivity contribution is 0.513. The van der Waals surface area contributed by atoms with Gasteiger partial charge in [0.15, 0.2) is 0 Å². The lowest BCUT2D eigenvalue weighted by atomic mass is 10.2. The highest BCUT2D eigenvalue weighted by Crippen LogP contribution is 2.15. The maximum absolute atomic E-state index is 8.68. The number of rotatable bonds is 4. The van der Waals surface area contributed by atoms with Crippen molar-refractivity contribution in [2.45, 2.75) is 6.42 Å². The van der Waals surface area contributed by atoms with Crippen LogP contribution in [0.25, 0.3) is 0 Å². The van der Waals surface area contributed by atoms with E-state index in [-0.39, 0.29) is 0 Å². The summed E-state index contributed by atoms with van der Waals surface area (Å²) < 4.78 is 5.20. The Kier molecular flexibility index (Phi) is 3.26.